The number of carbonyl (C=O) groups is 1. The van der Waals surface area contributed by atoms with Crippen LogP contribution in [0.4, 0.5) is 5.69 Å². The van der Waals surface area contributed by atoms with Crippen LogP contribution in [-0.2, 0) is 11.2 Å². The highest BCUT2D eigenvalue weighted by Gasteiger charge is 2.06. The summed E-state index contributed by atoms with van der Waals surface area (Å²) in [4.78, 5) is 25.3. The van der Waals surface area contributed by atoms with Crippen molar-refractivity contribution in [1.82, 2.24) is 10.3 Å². The van der Waals surface area contributed by atoms with E-state index < -0.39 is 4.92 Å². The number of non-ortho nitro benzene ring substituents is 1. The minimum absolute atomic E-state index is 0.0213. The summed E-state index contributed by atoms with van der Waals surface area (Å²) in [5.74, 6) is 0.579. The number of aromatic amines is 1. The number of methoxy groups -OCH3 is 1. The first-order chi connectivity index (χ1) is 13.1. The summed E-state index contributed by atoms with van der Waals surface area (Å²) >= 11 is 0. The number of benzene rings is 2. The Hall–Kier alpha value is -3.61. The molecule has 0 aliphatic heterocycles. The lowest BCUT2D eigenvalue weighted by Gasteiger charge is -2.03. The largest absolute Gasteiger partial charge is 0.497 e. The van der Waals surface area contributed by atoms with E-state index in [9.17, 15) is 14.9 Å². The van der Waals surface area contributed by atoms with Crippen LogP contribution in [-0.4, -0.2) is 29.5 Å². The Balaban J connectivity index is 1.53. The fourth-order valence-electron chi connectivity index (χ4n) is 2.76. The number of amides is 1. The molecule has 1 aromatic heterocycles. The molecule has 2 N–H and O–H groups in total. The molecule has 0 aliphatic carbocycles. The van der Waals surface area contributed by atoms with Crippen LogP contribution in [0.5, 0.6) is 5.75 Å². The second kappa shape index (κ2) is 8.18. The zero-order chi connectivity index (χ0) is 19.2. The summed E-state index contributed by atoms with van der Waals surface area (Å²) in [6.45, 7) is 0.502. The lowest BCUT2D eigenvalue weighted by molar-refractivity contribution is -0.384. The molecule has 1 heterocycles. The van der Waals surface area contributed by atoms with Crippen molar-refractivity contribution in [2.75, 3.05) is 13.7 Å². The third-order valence-corrected chi connectivity index (χ3v) is 4.20. The van der Waals surface area contributed by atoms with E-state index in [-0.39, 0.29) is 11.6 Å². The molecule has 3 aromatic rings. The SMILES string of the molecule is COc1ccc2c(CCNC(=O)/C=C/c3ccc([N+](=O)[O-])cc3)c[nH]c2c1. The van der Waals surface area contributed by atoms with E-state index >= 15 is 0 Å². The van der Waals surface area contributed by atoms with Gasteiger partial charge in [0.2, 0.25) is 5.91 Å². The molecule has 0 atom stereocenters. The molecule has 2 aromatic carbocycles. The summed E-state index contributed by atoms with van der Waals surface area (Å²) in [6, 6.07) is 11.9. The Kier molecular flexibility index (Phi) is 5.51. The number of carbonyl (C=O) groups excluding carboxylic acids is 1. The van der Waals surface area contributed by atoms with Crippen molar-refractivity contribution in [2.45, 2.75) is 6.42 Å². The maximum absolute atomic E-state index is 11.9. The van der Waals surface area contributed by atoms with Crippen molar-refractivity contribution >= 4 is 28.6 Å². The first-order valence-corrected chi connectivity index (χ1v) is 8.41. The van der Waals surface area contributed by atoms with Crippen molar-refractivity contribution in [3.8, 4) is 5.75 Å². The predicted molar refractivity (Wildman–Crippen MR) is 104 cm³/mol. The summed E-state index contributed by atoms with van der Waals surface area (Å²) in [5.41, 5.74) is 2.86. The molecule has 0 bridgehead atoms. The highest BCUT2D eigenvalue weighted by atomic mass is 16.6. The van der Waals surface area contributed by atoms with Crippen LogP contribution in [0.25, 0.3) is 17.0 Å². The van der Waals surface area contributed by atoms with Gasteiger partial charge < -0.3 is 15.0 Å². The van der Waals surface area contributed by atoms with E-state index in [0.29, 0.717) is 13.0 Å². The van der Waals surface area contributed by atoms with Crippen LogP contribution in [0.15, 0.2) is 54.7 Å². The van der Waals surface area contributed by atoms with Gasteiger partial charge in [0.05, 0.1) is 12.0 Å². The van der Waals surface area contributed by atoms with Crippen molar-refractivity contribution in [1.29, 1.82) is 0 Å². The van der Waals surface area contributed by atoms with Crippen molar-refractivity contribution in [3.63, 3.8) is 0 Å². The number of ether oxygens (including phenoxy) is 1. The highest BCUT2D eigenvalue weighted by molar-refractivity contribution is 5.91. The van der Waals surface area contributed by atoms with Gasteiger partial charge in [-0.25, -0.2) is 0 Å². The number of nitrogens with one attached hydrogen (secondary N) is 2. The maximum Gasteiger partial charge on any atom is 0.269 e. The first-order valence-electron chi connectivity index (χ1n) is 8.41. The fourth-order valence-corrected chi connectivity index (χ4v) is 2.76. The number of H-pyrrole nitrogens is 1. The van der Waals surface area contributed by atoms with Gasteiger partial charge in [0.1, 0.15) is 5.75 Å². The normalized spacial score (nSPS) is 11.0. The molecule has 0 aliphatic rings. The molecule has 0 saturated carbocycles. The van der Waals surface area contributed by atoms with Gasteiger partial charge in [-0.05, 0) is 47.9 Å². The van der Waals surface area contributed by atoms with Crippen LogP contribution in [0.1, 0.15) is 11.1 Å². The standard InChI is InChI=1S/C20H19N3O4/c1-27-17-7-8-18-15(13-22-19(18)12-17)10-11-21-20(24)9-4-14-2-5-16(6-3-14)23(25)26/h2-9,12-13,22H,10-11H2,1H3,(H,21,24)/b9-4+. The van der Waals surface area contributed by atoms with Crippen LogP contribution in [0, 0.1) is 10.1 Å². The number of nitro groups is 1. The van der Waals surface area contributed by atoms with Gasteiger partial charge in [0, 0.05) is 47.9 Å². The van der Waals surface area contributed by atoms with E-state index in [1.807, 2.05) is 24.4 Å². The van der Waals surface area contributed by atoms with Crippen molar-refractivity contribution in [3.05, 3.63) is 76.0 Å². The third kappa shape index (κ3) is 4.52. The summed E-state index contributed by atoms with van der Waals surface area (Å²) in [6.07, 6.45) is 5.67. The summed E-state index contributed by atoms with van der Waals surface area (Å²) in [5, 5.41) is 14.6. The van der Waals surface area contributed by atoms with Crippen LogP contribution < -0.4 is 10.1 Å². The second-order valence-corrected chi connectivity index (χ2v) is 5.95. The van der Waals surface area contributed by atoms with E-state index in [1.165, 1.54) is 18.2 Å². The van der Waals surface area contributed by atoms with Gasteiger partial charge in [-0.15, -0.1) is 0 Å². The number of fused-ring (bicyclic) bond motifs is 1. The van der Waals surface area contributed by atoms with Crippen LogP contribution >= 0.6 is 0 Å². The molecule has 138 valence electrons. The molecule has 3 rings (SSSR count). The number of nitro benzene ring substituents is 1. The Morgan fingerprint density at radius 3 is 2.74 bits per heavy atom. The Labute approximate surface area is 155 Å². The Morgan fingerprint density at radius 2 is 2.04 bits per heavy atom. The molecular formula is C20H19N3O4. The van der Waals surface area contributed by atoms with Gasteiger partial charge in [-0.3, -0.25) is 14.9 Å². The monoisotopic (exact) mass is 365 g/mol. The van der Waals surface area contributed by atoms with Gasteiger partial charge >= 0.3 is 0 Å². The zero-order valence-electron chi connectivity index (χ0n) is 14.8. The van der Waals surface area contributed by atoms with Crippen LogP contribution in [0.3, 0.4) is 0 Å². The fraction of sp³-hybridized carbons (Fsp3) is 0.150. The summed E-state index contributed by atoms with van der Waals surface area (Å²) < 4.78 is 5.21. The molecular weight excluding hydrogens is 346 g/mol. The zero-order valence-corrected chi connectivity index (χ0v) is 14.8. The average Bonchev–Trinajstić information content (AvgIpc) is 3.08. The molecule has 0 saturated heterocycles. The minimum atomic E-state index is -0.457. The topological polar surface area (TPSA) is 97.3 Å². The maximum atomic E-state index is 11.9. The van der Waals surface area contributed by atoms with Gasteiger partial charge in [-0.1, -0.05) is 0 Å². The molecule has 0 spiro atoms. The van der Waals surface area contributed by atoms with Gasteiger partial charge in [0.15, 0.2) is 0 Å². The number of hydrogen-bond acceptors (Lipinski definition) is 4. The summed E-state index contributed by atoms with van der Waals surface area (Å²) in [7, 11) is 1.63. The van der Waals surface area contributed by atoms with E-state index in [0.717, 1.165) is 27.8 Å². The number of aromatic nitrogens is 1. The van der Waals surface area contributed by atoms with E-state index in [4.69, 9.17) is 4.74 Å². The van der Waals surface area contributed by atoms with E-state index in [2.05, 4.69) is 10.3 Å². The average molecular weight is 365 g/mol. The van der Waals surface area contributed by atoms with Crippen molar-refractivity contribution in [2.24, 2.45) is 0 Å². The lowest BCUT2D eigenvalue weighted by Crippen LogP contribution is -2.23. The molecule has 0 radical (unpaired) electrons. The Bertz CT molecular complexity index is 990. The minimum Gasteiger partial charge on any atom is -0.497 e. The van der Waals surface area contributed by atoms with Crippen LogP contribution in [0.2, 0.25) is 0 Å². The first kappa shape index (κ1) is 18.2. The Morgan fingerprint density at radius 1 is 1.26 bits per heavy atom. The molecule has 1 amide bonds. The quantitative estimate of drug-likeness (QED) is 0.381. The number of rotatable bonds is 7. The number of hydrogen-bond donors (Lipinski definition) is 2. The predicted octanol–water partition coefficient (Wildman–Crippen LogP) is 3.46. The van der Waals surface area contributed by atoms with Gasteiger partial charge in [-0.2, -0.15) is 0 Å². The van der Waals surface area contributed by atoms with Gasteiger partial charge in [0.25, 0.3) is 5.69 Å². The third-order valence-electron chi connectivity index (χ3n) is 4.20. The second-order valence-electron chi connectivity index (χ2n) is 5.95. The molecule has 0 fully saturated rings. The smallest absolute Gasteiger partial charge is 0.269 e. The number of nitrogens with zero attached hydrogens (tertiary/aromatic N) is 1. The molecule has 27 heavy (non-hydrogen) atoms. The van der Waals surface area contributed by atoms with E-state index in [1.54, 1.807) is 25.3 Å². The van der Waals surface area contributed by atoms with Crippen molar-refractivity contribution < 1.29 is 14.5 Å². The molecule has 7 nitrogen and oxygen atoms in total. The highest BCUT2D eigenvalue weighted by Crippen LogP contribution is 2.23. The molecule has 7 heteroatoms. The molecule has 0 unspecified atom stereocenters. The lowest BCUT2D eigenvalue weighted by atomic mass is 10.1.